The molecular formula is C14H20N2O. The summed E-state index contributed by atoms with van der Waals surface area (Å²) < 4.78 is 0. The fourth-order valence-electron chi connectivity index (χ4n) is 2.03. The van der Waals surface area contributed by atoms with Gasteiger partial charge in [-0.25, -0.2) is 0 Å². The molecule has 0 radical (unpaired) electrons. The average molecular weight is 232 g/mol. The predicted octanol–water partition coefficient (Wildman–Crippen LogP) is 2.27. The first-order valence-electron chi connectivity index (χ1n) is 6.11. The van der Waals surface area contributed by atoms with Gasteiger partial charge in [-0.1, -0.05) is 32.0 Å². The van der Waals surface area contributed by atoms with Gasteiger partial charge in [0.1, 0.15) is 0 Å². The molecule has 0 amide bonds. The fraction of sp³-hybridized carbons (Fsp3) is 0.429. The Morgan fingerprint density at radius 2 is 2.06 bits per heavy atom. The van der Waals surface area contributed by atoms with Crippen LogP contribution in [0.3, 0.4) is 0 Å². The van der Waals surface area contributed by atoms with Gasteiger partial charge in [0.25, 0.3) is 0 Å². The van der Waals surface area contributed by atoms with Crippen LogP contribution in [0.25, 0.3) is 10.9 Å². The lowest BCUT2D eigenvalue weighted by atomic mass is 10.0. The first-order chi connectivity index (χ1) is 8.22. The van der Waals surface area contributed by atoms with Crippen molar-refractivity contribution in [3.05, 3.63) is 36.0 Å². The van der Waals surface area contributed by atoms with Crippen LogP contribution in [0.1, 0.15) is 19.4 Å². The zero-order valence-corrected chi connectivity index (χ0v) is 10.4. The summed E-state index contributed by atoms with van der Waals surface area (Å²) in [6.45, 7) is 5.19. The Kier molecular flexibility index (Phi) is 3.82. The second kappa shape index (κ2) is 5.34. The lowest BCUT2D eigenvalue weighted by Gasteiger charge is -2.19. The number of para-hydroxylation sites is 1. The van der Waals surface area contributed by atoms with Gasteiger partial charge in [-0.05, 0) is 17.5 Å². The van der Waals surface area contributed by atoms with Gasteiger partial charge in [-0.2, -0.15) is 0 Å². The third kappa shape index (κ3) is 2.68. The lowest BCUT2D eigenvalue weighted by Crippen LogP contribution is -2.36. The maximum atomic E-state index is 9.27. The molecule has 0 saturated heterocycles. The molecule has 17 heavy (non-hydrogen) atoms. The molecule has 0 unspecified atom stereocenters. The van der Waals surface area contributed by atoms with Gasteiger partial charge >= 0.3 is 0 Å². The van der Waals surface area contributed by atoms with Crippen LogP contribution in [0.5, 0.6) is 0 Å². The average Bonchev–Trinajstić information content (AvgIpc) is 2.73. The first kappa shape index (κ1) is 12.1. The Labute approximate surface area is 102 Å². The minimum Gasteiger partial charge on any atom is -0.395 e. The van der Waals surface area contributed by atoms with E-state index in [0.717, 1.165) is 12.1 Å². The van der Waals surface area contributed by atoms with Crippen molar-refractivity contribution in [2.45, 2.75) is 26.4 Å². The maximum Gasteiger partial charge on any atom is 0.0587 e. The predicted molar refractivity (Wildman–Crippen MR) is 70.9 cm³/mol. The quantitative estimate of drug-likeness (QED) is 0.740. The molecule has 1 aromatic heterocycles. The highest BCUT2D eigenvalue weighted by Crippen LogP contribution is 2.17. The van der Waals surface area contributed by atoms with E-state index in [0.29, 0.717) is 5.92 Å². The lowest BCUT2D eigenvalue weighted by molar-refractivity contribution is 0.210. The van der Waals surface area contributed by atoms with Crippen molar-refractivity contribution < 1.29 is 5.11 Å². The summed E-state index contributed by atoms with van der Waals surface area (Å²) >= 11 is 0. The van der Waals surface area contributed by atoms with E-state index >= 15 is 0 Å². The van der Waals surface area contributed by atoms with Gasteiger partial charge < -0.3 is 15.4 Å². The largest absolute Gasteiger partial charge is 0.395 e. The van der Waals surface area contributed by atoms with Crippen LogP contribution >= 0.6 is 0 Å². The van der Waals surface area contributed by atoms with Crippen molar-refractivity contribution >= 4 is 10.9 Å². The van der Waals surface area contributed by atoms with Gasteiger partial charge in [-0.3, -0.25) is 0 Å². The summed E-state index contributed by atoms with van der Waals surface area (Å²) in [6, 6.07) is 8.42. The van der Waals surface area contributed by atoms with E-state index in [4.69, 9.17) is 0 Å². The minimum absolute atomic E-state index is 0.156. The van der Waals surface area contributed by atoms with Gasteiger partial charge in [0, 0.05) is 29.7 Å². The number of H-pyrrole nitrogens is 1. The molecule has 0 saturated carbocycles. The van der Waals surface area contributed by atoms with Crippen LogP contribution in [0.15, 0.2) is 30.5 Å². The molecule has 1 atom stereocenters. The van der Waals surface area contributed by atoms with Crippen molar-refractivity contribution in [2.75, 3.05) is 6.61 Å². The van der Waals surface area contributed by atoms with Crippen LogP contribution in [0, 0.1) is 5.92 Å². The van der Waals surface area contributed by atoms with E-state index in [1.54, 1.807) is 0 Å². The Balaban J connectivity index is 2.08. The van der Waals surface area contributed by atoms with Crippen molar-refractivity contribution in [1.29, 1.82) is 0 Å². The molecule has 0 aliphatic rings. The van der Waals surface area contributed by atoms with Gasteiger partial charge in [-0.15, -0.1) is 0 Å². The summed E-state index contributed by atoms with van der Waals surface area (Å²) in [6.07, 6.45) is 2.03. The third-order valence-electron chi connectivity index (χ3n) is 3.23. The molecule has 1 heterocycles. The van der Waals surface area contributed by atoms with E-state index in [-0.39, 0.29) is 12.6 Å². The van der Waals surface area contributed by atoms with E-state index in [2.05, 4.69) is 36.3 Å². The van der Waals surface area contributed by atoms with Crippen LogP contribution in [0.2, 0.25) is 0 Å². The van der Waals surface area contributed by atoms with Gasteiger partial charge in [0.15, 0.2) is 0 Å². The summed E-state index contributed by atoms with van der Waals surface area (Å²) in [7, 11) is 0. The number of aliphatic hydroxyl groups is 1. The molecular weight excluding hydrogens is 212 g/mol. The fourth-order valence-corrected chi connectivity index (χ4v) is 2.03. The number of fused-ring (bicyclic) bond motifs is 1. The Morgan fingerprint density at radius 1 is 1.29 bits per heavy atom. The molecule has 3 nitrogen and oxygen atoms in total. The molecule has 3 N–H and O–H groups in total. The van der Waals surface area contributed by atoms with E-state index in [9.17, 15) is 5.11 Å². The number of aromatic amines is 1. The number of hydrogen-bond acceptors (Lipinski definition) is 2. The number of aliphatic hydroxyl groups excluding tert-OH is 1. The monoisotopic (exact) mass is 232 g/mol. The Bertz CT molecular complexity index is 476. The van der Waals surface area contributed by atoms with Crippen LogP contribution in [0.4, 0.5) is 0 Å². The van der Waals surface area contributed by atoms with Crippen molar-refractivity contribution in [3.8, 4) is 0 Å². The van der Waals surface area contributed by atoms with Gasteiger partial charge in [0.2, 0.25) is 0 Å². The summed E-state index contributed by atoms with van der Waals surface area (Å²) in [5.41, 5.74) is 2.41. The number of rotatable bonds is 5. The molecule has 1 aromatic carbocycles. The molecule has 0 fully saturated rings. The van der Waals surface area contributed by atoms with E-state index in [1.807, 2.05) is 18.3 Å². The van der Waals surface area contributed by atoms with Crippen molar-refractivity contribution in [2.24, 2.45) is 5.92 Å². The highest BCUT2D eigenvalue weighted by atomic mass is 16.3. The third-order valence-corrected chi connectivity index (χ3v) is 3.23. The number of nitrogens with one attached hydrogen (secondary N) is 2. The Morgan fingerprint density at radius 3 is 2.76 bits per heavy atom. The second-order valence-electron chi connectivity index (χ2n) is 4.77. The molecule has 0 aliphatic carbocycles. The number of aromatic nitrogens is 1. The summed E-state index contributed by atoms with van der Waals surface area (Å²) in [5, 5.41) is 13.9. The number of benzene rings is 1. The molecule has 0 spiro atoms. The van der Waals surface area contributed by atoms with Gasteiger partial charge in [0.05, 0.1) is 6.61 Å². The zero-order chi connectivity index (χ0) is 12.3. The molecule has 0 aliphatic heterocycles. The van der Waals surface area contributed by atoms with Crippen molar-refractivity contribution in [1.82, 2.24) is 10.3 Å². The smallest absolute Gasteiger partial charge is 0.0587 e. The second-order valence-corrected chi connectivity index (χ2v) is 4.77. The maximum absolute atomic E-state index is 9.27. The number of hydrogen-bond donors (Lipinski definition) is 3. The molecule has 92 valence electrons. The Hall–Kier alpha value is -1.32. The zero-order valence-electron chi connectivity index (χ0n) is 10.4. The highest BCUT2D eigenvalue weighted by Gasteiger charge is 2.12. The SMILES string of the molecule is CC(C)[C@@H](CO)NCc1c[nH]c2ccccc12. The topological polar surface area (TPSA) is 48.0 Å². The molecule has 2 rings (SSSR count). The van der Waals surface area contributed by atoms with E-state index in [1.165, 1.54) is 10.9 Å². The highest BCUT2D eigenvalue weighted by molar-refractivity contribution is 5.82. The normalized spacial score (nSPS) is 13.4. The van der Waals surface area contributed by atoms with Crippen molar-refractivity contribution in [3.63, 3.8) is 0 Å². The van der Waals surface area contributed by atoms with Crippen LogP contribution in [-0.2, 0) is 6.54 Å². The van der Waals surface area contributed by atoms with Crippen LogP contribution < -0.4 is 5.32 Å². The summed E-state index contributed by atoms with van der Waals surface area (Å²) in [4.78, 5) is 3.26. The minimum atomic E-state index is 0.156. The molecule has 0 bridgehead atoms. The molecule has 3 heteroatoms. The standard InChI is InChI=1S/C14H20N2O/c1-10(2)14(9-17)16-8-11-7-15-13-6-4-3-5-12(11)13/h3-7,10,14-17H,8-9H2,1-2H3/t14-/m1/s1. The van der Waals surface area contributed by atoms with Crippen LogP contribution in [-0.4, -0.2) is 22.7 Å². The van der Waals surface area contributed by atoms with E-state index < -0.39 is 0 Å². The first-order valence-corrected chi connectivity index (χ1v) is 6.11. The summed E-state index contributed by atoms with van der Waals surface area (Å²) in [5.74, 6) is 0.435. The molecule has 2 aromatic rings.